The van der Waals surface area contributed by atoms with Gasteiger partial charge in [0.05, 0.1) is 11.4 Å². The molecule has 6 nitrogen and oxygen atoms in total. The fraction of sp³-hybridized carbons (Fsp3) is 0.550. The van der Waals surface area contributed by atoms with Crippen LogP contribution >= 0.6 is 0 Å². The van der Waals surface area contributed by atoms with E-state index in [0.29, 0.717) is 0 Å². The number of aryl methyl sites for hydroxylation is 1. The van der Waals surface area contributed by atoms with Gasteiger partial charge in [-0.15, -0.1) is 0 Å². The summed E-state index contributed by atoms with van der Waals surface area (Å²) in [6.07, 6.45) is 0.970. The number of methoxy groups -OCH3 is 1. The third-order valence-electron chi connectivity index (χ3n) is 5.02. The first-order valence-corrected chi connectivity index (χ1v) is 9.57. The van der Waals surface area contributed by atoms with E-state index in [1.54, 1.807) is 19.2 Å². The van der Waals surface area contributed by atoms with Crippen LogP contribution in [0.5, 0.6) is 0 Å². The van der Waals surface area contributed by atoms with Gasteiger partial charge in [0.1, 0.15) is 11.6 Å². The van der Waals surface area contributed by atoms with E-state index in [1.807, 2.05) is 17.7 Å². The number of ether oxygens (including phenoxy) is 1. The molecule has 1 aromatic carbocycles. The van der Waals surface area contributed by atoms with Gasteiger partial charge in [0.2, 0.25) is 0 Å². The molecule has 0 bridgehead atoms. The first-order chi connectivity index (χ1) is 13.1. The Morgan fingerprint density at radius 2 is 2.00 bits per heavy atom. The van der Waals surface area contributed by atoms with Crippen molar-refractivity contribution in [1.82, 2.24) is 20.0 Å². The lowest BCUT2D eigenvalue weighted by Gasteiger charge is -2.34. The monoisotopic (exact) mass is 375 g/mol. The van der Waals surface area contributed by atoms with Crippen molar-refractivity contribution in [2.45, 2.75) is 19.9 Å². The van der Waals surface area contributed by atoms with Crippen molar-refractivity contribution in [2.24, 2.45) is 0 Å². The van der Waals surface area contributed by atoms with E-state index in [4.69, 9.17) is 9.84 Å². The van der Waals surface area contributed by atoms with Crippen LogP contribution in [-0.2, 0) is 11.3 Å². The largest absolute Gasteiger partial charge is 0.385 e. The fourth-order valence-corrected chi connectivity index (χ4v) is 3.44. The van der Waals surface area contributed by atoms with Gasteiger partial charge in [-0.05, 0) is 45.1 Å². The number of benzene rings is 1. The van der Waals surface area contributed by atoms with Crippen molar-refractivity contribution in [3.05, 3.63) is 41.3 Å². The molecule has 148 valence electrons. The molecule has 7 heteroatoms. The number of hydrogen-bond donors (Lipinski definition) is 1. The Morgan fingerprint density at radius 1 is 1.22 bits per heavy atom. The second-order valence-electron chi connectivity index (χ2n) is 7.09. The van der Waals surface area contributed by atoms with Crippen molar-refractivity contribution < 1.29 is 9.13 Å². The van der Waals surface area contributed by atoms with Gasteiger partial charge in [-0.1, -0.05) is 6.07 Å². The number of anilines is 1. The molecule has 0 spiro atoms. The highest BCUT2D eigenvalue weighted by Gasteiger charge is 2.24. The number of aromatic nitrogens is 2. The molecule has 3 rings (SSSR count). The van der Waals surface area contributed by atoms with E-state index in [-0.39, 0.29) is 5.82 Å². The zero-order chi connectivity index (χ0) is 19.2. The lowest BCUT2D eigenvalue weighted by molar-refractivity contribution is 0.194. The zero-order valence-electron chi connectivity index (χ0n) is 16.5. The number of piperazine rings is 1. The van der Waals surface area contributed by atoms with Crippen molar-refractivity contribution in [2.75, 3.05) is 58.4 Å². The van der Waals surface area contributed by atoms with E-state index in [2.05, 4.69) is 22.2 Å². The third-order valence-corrected chi connectivity index (χ3v) is 5.02. The highest BCUT2D eigenvalue weighted by molar-refractivity contribution is 5.55. The Hall–Kier alpha value is -1.96. The molecule has 2 aromatic rings. The van der Waals surface area contributed by atoms with Gasteiger partial charge in [0.25, 0.3) is 0 Å². The minimum atomic E-state index is -0.246. The van der Waals surface area contributed by atoms with E-state index in [0.717, 1.165) is 69.5 Å². The van der Waals surface area contributed by atoms with E-state index >= 15 is 0 Å². The maximum atomic E-state index is 13.8. The van der Waals surface area contributed by atoms with Crippen LogP contribution in [0.3, 0.4) is 0 Å². The molecule has 1 aliphatic heterocycles. The quantitative estimate of drug-likeness (QED) is 0.717. The number of hydrogen-bond acceptors (Lipinski definition) is 5. The van der Waals surface area contributed by atoms with Crippen LogP contribution in [-0.4, -0.2) is 68.2 Å². The second-order valence-corrected chi connectivity index (χ2v) is 7.09. The first-order valence-electron chi connectivity index (χ1n) is 9.57. The standard InChI is InChI=1S/C20H30FN5O/c1-16-19(15-22-8-5-13-27-3)20(25-11-9-24(2)10-12-25)26(23-16)18-7-4-6-17(21)14-18/h4,6-7,14,22H,5,8-13,15H2,1-3H3. The Labute approximate surface area is 160 Å². The number of rotatable bonds is 8. The molecule has 0 atom stereocenters. The average Bonchev–Trinajstić information content (AvgIpc) is 2.99. The predicted molar refractivity (Wildman–Crippen MR) is 106 cm³/mol. The number of halogens is 1. The molecular weight excluding hydrogens is 345 g/mol. The van der Waals surface area contributed by atoms with Gasteiger partial charge in [0, 0.05) is 52.0 Å². The summed E-state index contributed by atoms with van der Waals surface area (Å²) in [5.74, 6) is 0.828. The maximum absolute atomic E-state index is 13.8. The van der Waals surface area contributed by atoms with Crippen LogP contribution in [0.4, 0.5) is 10.2 Å². The smallest absolute Gasteiger partial charge is 0.137 e. The second kappa shape index (κ2) is 9.30. The molecular formula is C20H30FN5O. The van der Waals surface area contributed by atoms with Crippen LogP contribution in [0.2, 0.25) is 0 Å². The molecule has 27 heavy (non-hydrogen) atoms. The van der Waals surface area contributed by atoms with Gasteiger partial charge >= 0.3 is 0 Å². The first kappa shape index (κ1) is 19.8. The molecule has 1 fully saturated rings. The Morgan fingerprint density at radius 3 is 2.70 bits per heavy atom. The topological polar surface area (TPSA) is 45.6 Å². The van der Waals surface area contributed by atoms with Crippen LogP contribution in [0, 0.1) is 12.7 Å². The molecule has 2 heterocycles. The van der Waals surface area contributed by atoms with Crippen LogP contribution in [0.15, 0.2) is 24.3 Å². The summed E-state index contributed by atoms with van der Waals surface area (Å²) in [5.41, 5.74) is 2.92. The molecule has 1 aromatic heterocycles. The van der Waals surface area contributed by atoms with Crippen LogP contribution in [0.25, 0.3) is 5.69 Å². The molecule has 0 saturated carbocycles. The molecule has 0 aliphatic carbocycles. The summed E-state index contributed by atoms with van der Waals surface area (Å²) in [5, 5.41) is 8.26. The molecule has 1 aliphatic rings. The van der Waals surface area contributed by atoms with Crippen molar-refractivity contribution in [1.29, 1.82) is 0 Å². The van der Waals surface area contributed by atoms with Gasteiger partial charge in [-0.25, -0.2) is 9.07 Å². The lowest BCUT2D eigenvalue weighted by Crippen LogP contribution is -2.45. The van der Waals surface area contributed by atoms with E-state index in [9.17, 15) is 4.39 Å². The van der Waals surface area contributed by atoms with Gasteiger partial charge < -0.3 is 19.9 Å². The molecule has 0 unspecified atom stereocenters. The summed E-state index contributed by atoms with van der Waals surface area (Å²) in [6, 6.07) is 6.65. The van der Waals surface area contributed by atoms with Crippen LogP contribution in [0.1, 0.15) is 17.7 Å². The fourth-order valence-electron chi connectivity index (χ4n) is 3.44. The summed E-state index contributed by atoms with van der Waals surface area (Å²) in [4.78, 5) is 4.70. The third kappa shape index (κ3) is 4.86. The molecule has 1 N–H and O–H groups in total. The minimum Gasteiger partial charge on any atom is -0.385 e. The highest BCUT2D eigenvalue weighted by Crippen LogP contribution is 2.28. The van der Waals surface area contributed by atoms with E-state index < -0.39 is 0 Å². The SMILES string of the molecule is COCCCNCc1c(C)nn(-c2cccc(F)c2)c1N1CCN(C)CC1. The predicted octanol–water partition coefficient (Wildman–Crippen LogP) is 2.20. The Bertz CT molecular complexity index is 740. The number of nitrogens with one attached hydrogen (secondary N) is 1. The molecule has 0 radical (unpaired) electrons. The Kier molecular flexibility index (Phi) is 6.82. The zero-order valence-corrected chi connectivity index (χ0v) is 16.5. The molecule has 1 saturated heterocycles. The van der Waals surface area contributed by atoms with Crippen molar-refractivity contribution >= 4 is 5.82 Å². The Balaban J connectivity index is 1.89. The lowest BCUT2D eigenvalue weighted by atomic mass is 10.2. The van der Waals surface area contributed by atoms with Gasteiger partial charge in [-0.3, -0.25) is 0 Å². The van der Waals surface area contributed by atoms with Crippen molar-refractivity contribution in [3.63, 3.8) is 0 Å². The van der Waals surface area contributed by atoms with Gasteiger partial charge in [0.15, 0.2) is 0 Å². The summed E-state index contributed by atoms with van der Waals surface area (Å²) in [6.45, 7) is 8.30. The van der Waals surface area contributed by atoms with Crippen LogP contribution < -0.4 is 10.2 Å². The maximum Gasteiger partial charge on any atom is 0.137 e. The average molecular weight is 375 g/mol. The van der Waals surface area contributed by atoms with Gasteiger partial charge in [-0.2, -0.15) is 5.10 Å². The number of nitrogens with zero attached hydrogens (tertiary/aromatic N) is 4. The highest BCUT2D eigenvalue weighted by atomic mass is 19.1. The number of likely N-dealkylation sites (N-methyl/N-ethyl adjacent to an activating group) is 1. The summed E-state index contributed by atoms with van der Waals surface area (Å²) < 4.78 is 20.8. The molecule has 0 amide bonds. The van der Waals surface area contributed by atoms with E-state index in [1.165, 1.54) is 11.6 Å². The normalized spacial score (nSPS) is 15.5. The summed E-state index contributed by atoms with van der Waals surface area (Å²) in [7, 11) is 3.86. The summed E-state index contributed by atoms with van der Waals surface area (Å²) >= 11 is 0. The minimum absolute atomic E-state index is 0.246. The van der Waals surface area contributed by atoms with Crippen molar-refractivity contribution in [3.8, 4) is 5.69 Å².